The van der Waals surface area contributed by atoms with E-state index in [9.17, 15) is 5.11 Å². The monoisotopic (exact) mass is 308 g/mol. The highest BCUT2D eigenvalue weighted by atomic mass is 127. The molecule has 0 saturated heterocycles. The van der Waals surface area contributed by atoms with E-state index in [0.29, 0.717) is 0 Å². The Morgan fingerprint density at radius 2 is 1.54 bits per heavy atom. The number of halogens is 1. The molecule has 80 valence electrons. The van der Waals surface area contributed by atoms with Crippen LogP contribution in [0.15, 0.2) is 0 Å². The molecule has 0 aliphatic rings. The van der Waals surface area contributed by atoms with Crippen LogP contribution in [0.1, 0.15) is 0 Å². The van der Waals surface area contributed by atoms with E-state index in [1.54, 1.807) is 0 Å². The van der Waals surface area contributed by atoms with Gasteiger partial charge in [0.25, 0.3) is 0 Å². The van der Waals surface area contributed by atoms with Gasteiger partial charge in [-0.05, 0) is 0 Å². The Balaban J connectivity index is 4.13. The third kappa shape index (κ3) is 4.02. The van der Waals surface area contributed by atoms with E-state index >= 15 is 0 Å². The molecule has 5 N–H and O–H groups in total. The number of hydrogen-bond donors (Lipinski definition) is 5. The zero-order chi connectivity index (χ0) is 10.4. The van der Waals surface area contributed by atoms with Crippen molar-refractivity contribution in [2.45, 2.75) is 24.4 Å². The fourth-order valence-corrected chi connectivity index (χ4v) is 1.21. The molecule has 0 bridgehead atoms. The Bertz CT molecular complexity index is 130. The second-order valence-corrected chi connectivity index (χ2v) is 3.05. The minimum absolute atomic E-state index is 0.487. The molecule has 6 nitrogen and oxygen atoms in total. The van der Waals surface area contributed by atoms with Crippen molar-refractivity contribution < 1.29 is 28.6 Å². The number of aliphatic hydroxyl groups excluding tert-OH is 5. The Hall–Kier alpha value is 0.490. The second kappa shape index (κ2) is 6.87. The second-order valence-electron chi connectivity index (χ2n) is 2.54. The molecule has 0 radical (unpaired) electrons. The van der Waals surface area contributed by atoms with Crippen LogP contribution in [0.3, 0.4) is 0 Å². The molecule has 0 aromatic heterocycles. The van der Waals surface area contributed by atoms with Gasteiger partial charge < -0.3 is 28.6 Å². The molecule has 0 spiro atoms. The predicted octanol–water partition coefficient (Wildman–Crippen LogP) is -2.21. The van der Waals surface area contributed by atoms with Crippen LogP contribution >= 0.6 is 23.0 Å². The Kier molecular flexibility index (Phi) is 7.13. The maximum atomic E-state index is 9.27. The highest BCUT2D eigenvalue weighted by Gasteiger charge is 2.31. The highest BCUT2D eigenvalue weighted by Crippen LogP contribution is 2.10. The van der Waals surface area contributed by atoms with Gasteiger partial charge in [0.1, 0.15) is 47.4 Å². The SMILES string of the molecule is OCC(O)C(O)C(O)C(CO)OI. The molecule has 0 aromatic rings. The van der Waals surface area contributed by atoms with Crippen LogP contribution < -0.4 is 0 Å². The van der Waals surface area contributed by atoms with E-state index in [2.05, 4.69) is 3.07 Å². The molecule has 4 atom stereocenters. The van der Waals surface area contributed by atoms with Crippen molar-refractivity contribution in [2.24, 2.45) is 0 Å². The lowest BCUT2D eigenvalue weighted by Crippen LogP contribution is -2.47. The van der Waals surface area contributed by atoms with Gasteiger partial charge in [-0.25, -0.2) is 0 Å². The van der Waals surface area contributed by atoms with Crippen molar-refractivity contribution >= 4 is 23.0 Å². The minimum Gasteiger partial charge on any atom is -0.394 e. The van der Waals surface area contributed by atoms with E-state index in [1.165, 1.54) is 23.0 Å². The Labute approximate surface area is 89.5 Å². The van der Waals surface area contributed by atoms with E-state index in [-0.39, 0.29) is 0 Å². The summed E-state index contributed by atoms with van der Waals surface area (Å²) in [7, 11) is 0. The van der Waals surface area contributed by atoms with E-state index < -0.39 is 37.6 Å². The maximum Gasteiger partial charge on any atom is 0.121 e. The molecule has 0 saturated carbocycles. The quantitative estimate of drug-likeness (QED) is 0.356. The van der Waals surface area contributed by atoms with E-state index in [0.717, 1.165) is 0 Å². The van der Waals surface area contributed by atoms with Crippen molar-refractivity contribution in [2.75, 3.05) is 13.2 Å². The van der Waals surface area contributed by atoms with Gasteiger partial charge in [0.2, 0.25) is 0 Å². The molecule has 0 aromatic carbocycles. The van der Waals surface area contributed by atoms with Crippen LogP contribution in [0.5, 0.6) is 0 Å². The van der Waals surface area contributed by atoms with Crippen LogP contribution in [0, 0.1) is 0 Å². The first kappa shape index (κ1) is 13.5. The molecule has 4 unspecified atom stereocenters. The molecular weight excluding hydrogens is 295 g/mol. The topological polar surface area (TPSA) is 110 Å². The van der Waals surface area contributed by atoms with Crippen LogP contribution in [-0.2, 0) is 3.07 Å². The summed E-state index contributed by atoms with van der Waals surface area (Å²) in [5.41, 5.74) is 0. The predicted molar refractivity (Wildman–Crippen MR) is 51.1 cm³/mol. The average Bonchev–Trinajstić information content (AvgIpc) is 2.17. The summed E-state index contributed by atoms with van der Waals surface area (Å²) in [5, 5.41) is 44.5. The van der Waals surface area contributed by atoms with Gasteiger partial charge in [0, 0.05) is 0 Å². The first-order valence-electron chi connectivity index (χ1n) is 3.61. The summed E-state index contributed by atoms with van der Waals surface area (Å²) in [6, 6.07) is 0. The van der Waals surface area contributed by atoms with Crippen molar-refractivity contribution in [3.63, 3.8) is 0 Å². The van der Waals surface area contributed by atoms with Gasteiger partial charge in [-0.15, -0.1) is 0 Å². The highest BCUT2D eigenvalue weighted by molar-refractivity contribution is 14.1. The van der Waals surface area contributed by atoms with E-state index in [1.807, 2.05) is 0 Å². The summed E-state index contributed by atoms with van der Waals surface area (Å²) >= 11 is 1.46. The molecule has 13 heavy (non-hydrogen) atoms. The largest absolute Gasteiger partial charge is 0.394 e. The third-order valence-corrected chi connectivity index (χ3v) is 2.26. The minimum atomic E-state index is -1.54. The van der Waals surface area contributed by atoms with Gasteiger partial charge in [-0.1, -0.05) is 0 Å². The van der Waals surface area contributed by atoms with Crippen molar-refractivity contribution in [3.8, 4) is 0 Å². The maximum absolute atomic E-state index is 9.27. The summed E-state index contributed by atoms with van der Waals surface area (Å²) in [5.74, 6) is 0. The lowest BCUT2D eigenvalue weighted by molar-refractivity contribution is -0.110. The summed E-state index contributed by atoms with van der Waals surface area (Å²) in [6.45, 7) is -1.16. The molecular formula is C6H13IO6. The van der Waals surface area contributed by atoms with Gasteiger partial charge in [-0.2, -0.15) is 0 Å². The normalized spacial score (nSPS) is 20.8. The Morgan fingerprint density at radius 3 is 1.85 bits per heavy atom. The summed E-state index contributed by atoms with van der Waals surface area (Å²) in [6.07, 6.45) is -5.42. The number of rotatable bonds is 6. The van der Waals surface area contributed by atoms with Crippen molar-refractivity contribution in [3.05, 3.63) is 0 Å². The molecule has 0 fully saturated rings. The smallest absolute Gasteiger partial charge is 0.121 e. The fraction of sp³-hybridized carbons (Fsp3) is 1.00. The van der Waals surface area contributed by atoms with Gasteiger partial charge in [0.05, 0.1) is 13.2 Å². The molecule has 0 aliphatic heterocycles. The van der Waals surface area contributed by atoms with Gasteiger partial charge in [0.15, 0.2) is 0 Å². The summed E-state index contributed by atoms with van der Waals surface area (Å²) < 4.78 is 4.59. The fourth-order valence-electron chi connectivity index (χ4n) is 0.744. The average molecular weight is 308 g/mol. The van der Waals surface area contributed by atoms with Crippen LogP contribution in [0.4, 0.5) is 0 Å². The number of aliphatic hydroxyl groups is 5. The first-order chi connectivity index (χ1) is 6.08. The molecule has 0 amide bonds. The zero-order valence-corrected chi connectivity index (χ0v) is 8.90. The molecule has 0 rings (SSSR count). The standard InChI is InChI=1S/C6H13IO6/c7-13-4(2-9)6(12)5(11)3(10)1-8/h3-6,8-12H,1-2H2. The molecule has 0 heterocycles. The summed E-state index contributed by atoms with van der Waals surface area (Å²) in [4.78, 5) is 0. The zero-order valence-electron chi connectivity index (χ0n) is 6.75. The lowest BCUT2D eigenvalue weighted by atomic mass is 10.0. The molecule has 7 heteroatoms. The Morgan fingerprint density at radius 1 is 1.00 bits per heavy atom. The van der Waals surface area contributed by atoms with E-state index in [4.69, 9.17) is 20.4 Å². The van der Waals surface area contributed by atoms with Crippen molar-refractivity contribution in [1.82, 2.24) is 0 Å². The van der Waals surface area contributed by atoms with Crippen LogP contribution in [-0.4, -0.2) is 63.2 Å². The molecule has 0 aliphatic carbocycles. The number of hydrogen-bond acceptors (Lipinski definition) is 6. The van der Waals surface area contributed by atoms with Crippen LogP contribution in [0.25, 0.3) is 0 Å². The third-order valence-electron chi connectivity index (χ3n) is 1.61. The first-order valence-corrected chi connectivity index (χ1v) is 4.49. The van der Waals surface area contributed by atoms with Crippen molar-refractivity contribution in [1.29, 1.82) is 0 Å². The van der Waals surface area contributed by atoms with Gasteiger partial charge >= 0.3 is 0 Å². The lowest BCUT2D eigenvalue weighted by Gasteiger charge is -2.25. The van der Waals surface area contributed by atoms with Crippen LogP contribution in [0.2, 0.25) is 0 Å². The van der Waals surface area contributed by atoms with Gasteiger partial charge in [-0.3, -0.25) is 0 Å².